The number of hydrogen-bond donors (Lipinski definition) is 0. The maximum atomic E-state index is 14.0. The molecule has 1 aromatic heterocycles. The molecule has 0 N–H and O–H groups in total. The summed E-state index contributed by atoms with van der Waals surface area (Å²) >= 11 is 0. The van der Waals surface area contributed by atoms with Crippen LogP contribution in [-0.4, -0.2) is 17.9 Å². The third kappa shape index (κ3) is 3.50. The molecule has 4 heteroatoms. The van der Waals surface area contributed by atoms with Crippen molar-refractivity contribution in [2.45, 2.75) is 33.1 Å². The van der Waals surface area contributed by atoms with Gasteiger partial charge in [0.05, 0.1) is 7.11 Å². The molecular formula is C18H20FNO2. The zero-order valence-corrected chi connectivity index (χ0v) is 13.3. The first-order valence-electron chi connectivity index (χ1n) is 7.24. The van der Waals surface area contributed by atoms with Gasteiger partial charge in [0.1, 0.15) is 11.6 Å². The second-order valence-corrected chi connectivity index (χ2v) is 5.64. The molecule has 2 aromatic rings. The zero-order valence-electron chi connectivity index (χ0n) is 13.3. The smallest absolute Gasteiger partial charge is 0.213 e. The Bertz CT molecular complexity index is 695. The highest BCUT2D eigenvalue weighted by atomic mass is 19.1. The van der Waals surface area contributed by atoms with Crippen molar-refractivity contribution in [2.24, 2.45) is 0 Å². The molecule has 0 atom stereocenters. The van der Waals surface area contributed by atoms with E-state index in [4.69, 9.17) is 4.74 Å². The van der Waals surface area contributed by atoms with E-state index in [0.29, 0.717) is 5.88 Å². The van der Waals surface area contributed by atoms with E-state index in [1.165, 1.54) is 19.2 Å². The van der Waals surface area contributed by atoms with E-state index in [1.54, 1.807) is 25.3 Å². The van der Waals surface area contributed by atoms with Gasteiger partial charge in [0.25, 0.3) is 0 Å². The van der Waals surface area contributed by atoms with Crippen molar-refractivity contribution in [1.82, 2.24) is 4.98 Å². The minimum Gasteiger partial charge on any atom is -0.481 e. The average molecular weight is 301 g/mol. The predicted octanol–water partition coefficient (Wildman–Crippen LogP) is 4.15. The molecule has 0 bridgehead atoms. The molecule has 0 aliphatic carbocycles. The van der Waals surface area contributed by atoms with Crippen LogP contribution in [-0.2, 0) is 11.2 Å². The molecule has 0 saturated carbocycles. The summed E-state index contributed by atoms with van der Waals surface area (Å²) in [6, 6.07) is 6.54. The first-order valence-corrected chi connectivity index (χ1v) is 7.24. The number of ether oxygens (including phenoxy) is 1. The summed E-state index contributed by atoms with van der Waals surface area (Å²) in [5, 5.41) is 0. The number of carbonyl (C=O) groups excluding carboxylic acids is 1. The van der Waals surface area contributed by atoms with Crippen molar-refractivity contribution in [3.05, 3.63) is 47.4 Å². The maximum Gasteiger partial charge on any atom is 0.213 e. The molecule has 1 aromatic carbocycles. The van der Waals surface area contributed by atoms with E-state index in [2.05, 4.69) is 4.98 Å². The normalized spacial score (nSPS) is 10.8. The van der Waals surface area contributed by atoms with Gasteiger partial charge in [-0.3, -0.25) is 4.79 Å². The lowest BCUT2D eigenvalue weighted by molar-refractivity contribution is -0.116. The van der Waals surface area contributed by atoms with Gasteiger partial charge in [-0.1, -0.05) is 13.8 Å². The Morgan fingerprint density at radius 1 is 1.32 bits per heavy atom. The minimum absolute atomic E-state index is 0.0516. The Morgan fingerprint density at radius 3 is 2.64 bits per heavy atom. The molecule has 0 saturated heterocycles. The van der Waals surface area contributed by atoms with Gasteiger partial charge in [0.2, 0.25) is 5.88 Å². The lowest BCUT2D eigenvalue weighted by Gasteiger charge is -2.17. The van der Waals surface area contributed by atoms with Gasteiger partial charge >= 0.3 is 0 Å². The molecule has 1 heterocycles. The van der Waals surface area contributed by atoms with Crippen LogP contribution >= 0.6 is 0 Å². The van der Waals surface area contributed by atoms with Gasteiger partial charge in [0, 0.05) is 18.7 Å². The molecule has 0 radical (unpaired) electrons. The first kappa shape index (κ1) is 16.1. The fraction of sp³-hybridized carbons (Fsp3) is 0.333. The quantitative estimate of drug-likeness (QED) is 0.832. The summed E-state index contributed by atoms with van der Waals surface area (Å²) in [4.78, 5) is 15.7. The summed E-state index contributed by atoms with van der Waals surface area (Å²) in [6.45, 7) is 5.54. The number of hydrogen-bond acceptors (Lipinski definition) is 3. The number of aromatic nitrogens is 1. The van der Waals surface area contributed by atoms with Crippen molar-refractivity contribution in [1.29, 1.82) is 0 Å². The highest BCUT2D eigenvalue weighted by Gasteiger charge is 2.17. The van der Waals surface area contributed by atoms with E-state index in [-0.39, 0.29) is 23.9 Å². The molecule has 0 fully saturated rings. The average Bonchev–Trinajstić information content (AvgIpc) is 2.48. The number of Topliss-reactive ketones (excluding diaryl/α,β-unsaturated/α-hetero) is 1. The van der Waals surface area contributed by atoms with Crippen molar-refractivity contribution >= 4 is 5.78 Å². The summed E-state index contributed by atoms with van der Waals surface area (Å²) in [5.41, 5.74) is 3.25. The van der Waals surface area contributed by atoms with E-state index in [1.807, 2.05) is 13.8 Å². The van der Waals surface area contributed by atoms with Crippen LogP contribution in [0.15, 0.2) is 30.5 Å². The first-order chi connectivity index (χ1) is 10.4. The van der Waals surface area contributed by atoms with E-state index >= 15 is 0 Å². The number of ketones is 1. The number of methoxy groups -OCH3 is 1. The van der Waals surface area contributed by atoms with Gasteiger partial charge in [-0.05, 0) is 53.3 Å². The Kier molecular flexibility index (Phi) is 4.91. The number of carbonyl (C=O) groups is 1. The van der Waals surface area contributed by atoms with Crippen LogP contribution in [0.2, 0.25) is 0 Å². The van der Waals surface area contributed by atoms with Crippen molar-refractivity contribution in [3.8, 4) is 17.0 Å². The molecule has 0 spiro atoms. The van der Waals surface area contributed by atoms with Crippen LogP contribution in [0.5, 0.6) is 5.88 Å². The summed E-state index contributed by atoms with van der Waals surface area (Å²) in [6.07, 6.45) is 1.90. The number of halogens is 1. The SMILES string of the molecule is COc1cc(-c2cc(F)cc(C(C)C)c2CC(C)=O)ccn1. The van der Waals surface area contributed by atoms with E-state index < -0.39 is 0 Å². The Balaban J connectivity index is 2.69. The number of benzene rings is 1. The topological polar surface area (TPSA) is 39.2 Å². The Hall–Kier alpha value is -2.23. The second kappa shape index (κ2) is 6.69. The molecule has 3 nitrogen and oxygen atoms in total. The Labute approximate surface area is 130 Å². The van der Waals surface area contributed by atoms with Crippen molar-refractivity contribution in [3.63, 3.8) is 0 Å². The second-order valence-electron chi connectivity index (χ2n) is 5.64. The van der Waals surface area contributed by atoms with Crippen LogP contribution in [0.1, 0.15) is 37.8 Å². The number of nitrogens with zero attached hydrogens (tertiary/aromatic N) is 1. The minimum atomic E-state index is -0.304. The van der Waals surface area contributed by atoms with Crippen LogP contribution in [0.25, 0.3) is 11.1 Å². The summed E-state index contributed by atoms with van der Waals surface area (Å²) in [7, 11) is 1.54. The van der Waals surface area contributed by atoms with Crippen molar-refractivity contribution in [2.75, 3.05) is 7.11 Å². The fourth-order valence-electron chi connectivity index (χ4n) is 2.57. The molecular weight excluding hydrogens is 281 g/mol. The highest BCUT2D eigenvalue weighted by molar-refractivity contribution is 5.82. The molecule has 116 valence electrons. The lowest BCUT2D eigenvalue weighted by atomic mass is 9.88. The lowest BCUT2D eigenvalue weighted by Crippen LogP contribution is -2.06. The van der Waals surface area contributed by atoms with Crippen LogP contribution in [0.4, 0.5) is 4.39 Å². The maximum absolute atomic E-state index is 14.0. The third-order valence-corrected chi connectivity index (χ3v) is 3.55. The fourth-order valence-corrected chi connectivity index (χ4v) is 2.57. The predicted molar refractivity (Wildman–Crippen MR) is 84.7 cm³/mol. The summed E-state index contributed by atoms with van der Waals surface area (Å²) < 4.78 is 19.2. The largest absolute Gasteiger partial charge is 0.481 e. The third-order valence-electron chi connectivity index (χ3n) is 3.55. The van der Waals surface area contributed by atoms with E-state index in [9.17, 15) is 9.18 Å². The molecule has 0 aliphatic rings. The molecule has 22 heavy (non-hydrogen) atoms. The van der Waals surface area contributed by atoms with E-state index in [0.717, 1.165) is 22.3 Å². The molecule has 0 unspecified atom stereocenters. The van der Waals surface area contributed by atoms with Crippen LogP contribution < -0.4 is 4.74 Å². The van der Waals surface area contributed by atoms with Crippen LogP contribution in [0.3, 0.4) is 0 Å². The molecule has 0 amide bonds. The highest BCUT2D eigenvalue weighted by Crippen LogP contribution is 2.33. The van der Waals surface area contributed by atoms with Gasteiger partial charge in [-0.15, -0.1) is 0 Å². The standard InChI is InChI=1S/C18H20FNO2/c1-11(2)15-9-14(19)10-16(17(15)7-12(3)21)13-5-6-20-18(8-13)22-4/h5-6,8-11H,7H2,1-4H3. The monoisotopic (exact) mass is 301 g/mol. The Morgan fingerprint density at radius 2 is 2.05 bits per heavy atom. The summed E-state index contributed by atoms with van der Waals surface area (Å²) in [5.74, 6) is 0.340. The van der Waals surface area contributed by atoms with Crippen molar-refractivity contribution < 1.29 is 13.9 Å². The number of rotatable bonds is 5. The molecule has 2 rings (SSSR count). The van der Waals surface area contributed by atoms with Gasteiger partial charge < -0.3 is 4.74 Å². The zero-order chi connectivity index (χ0) is 16.3. The van der Waals surface area contributed by atoms with Gasteiger partial charge in [0.15, 0.2) is 0 Å². The van der Waals surface area contributed by atoms with Gasteiger partial charge in [-0.2, -0.15) is 0 Å². The number of pyridine rings is 1. The van der Waals surface area contributed by atoms with Gasteiger partial charge in [-0.25, -0.2) is 9.37 Å². The van der Waals surface area contributed by atoms with Crippen LogP contribution in [0, 0.1) is 5.82 Å². The molecule has 0 aliphatic heterocycles.